The third-order valence-corrected chi connectivity index (χ3v) is 3.29. The molecule has 7 nitrogen and oxygen atoms in total. The molecule has 0 unspecified atom stereocenters. The Morgan fingerprint density at radius 1 is 1.29 bits per heavy atom. The van der Waals surface area contributed by atoms with Gasteiger partial charge in [-0.2, -0.15) is 0 Å². The molecule has 0 saturated heterocycles. The van der Waals surface area contributed by atoms with E-state index in [1.54, 1.807) is 11.6 Å². The van der Waals surface area contributed by atoms with Crippen LogP contribution < -0.4 is 15.8 Å². The van der Waals surface area contributed by atoms with Crippen LogP contribution in [0.25, 0.3) is 5.69 Å². The first-order valence-corrected chi connectivity index (χ1v) is 7.62. The Bertz CT molecular complexity index is 670. The van der Waals surface area contributed by atoms with E-state index >= 15 is 0 Å². The molecule has 8 heteroatoms. The molecular weight excluding hydrogens is 330 g/mol. The fourth-order valence-electron chi connectivity index (χ4n) is 2.07. The predicted octanol–water partition coefficient (Wildman–Crippen LogP) is 1.86. The van der Waals surface area contributed by atoms with E-state index < -0.39 is 0 Å². The summed E-state index contributed by atoms with van der Waals surface area (Å²) in [5, 5.41) is 10.8. The first kappa shape index (κ1) is 19.9. The van der Waals surface area contributed by atoms with E-state index in [2.05, 4.69) is 15.6 Å². The third-order valence-electron chi connectivity index (χ3n) is 3.29. The summed E-state index contributed by atoms with van der Waals surface area (Å²) in [5.41, 5.74) is 7.30. The van der Waals surface area contributed by atoms with E-state index in [9.17, 15) is 4.79 Å². The first-order valence-electron chi connectivity index (χ1n) is 7.62. The van der Waals surface area contributed by atoms with Gasteiger partial charge < -0.3 is 15.8 Å². The van der Waals surface area contributed by atoms with Crippen molar-refractivity contribution >= 4 is 18.3 Å². The van der Waals surface area contributed by atoms with Crippen molar-refractivity contribution in [2.75, 3.05) is 6.54 Å². The molecule has 1 atom stereocenters. The Balaban J connectivity index is 0.00000288. The van der Waals surface area contributed by atoms with Crippen molar-refractivity contribution in [1.29, 1.82) is 0 Å². The maximum atomic E-state index is 12.2. The number of benzene rings is 1. The molecule has 2 aromatic rings. The Hall–Kier alpha value is -2.12. The number of ether oxygens (including phenoxy) is 1. The molecule has 0 aliphatic carbocycles. The molecule has 0 saturated carbocycles. The summed E-state index contributed by atoms with van der Waals surface area (Å²) in [4.78, 5) is 12.2. The molecule has 1 aromatic carbocycles. The Morgan fingerprint density at radius 3 is 2.46 bits per heavy atom. The van der Waals surface area contributed by atoms with Crippen LogP contribution in [0.3, 0.4) is 0 Å². The van der Waals surface area contributed by atoms with Gasteiger partial charge in [-0.1, -0.05) is 5.21 Å². The molecule has 24 heavy (non-hydrogen) atoms. The van der Waals surface area contributed by atoms with Gasteiger partial charge in [0, 0.05) is 12.6 Å². The zero-order valence-corrected chi connectivity index (χ0v) is 15.1. The van der Waals surface area contributed by atoms with Crippen LogP contribution in [0.1, 0.15) is 37.0 Å². The third kappa shape index (κ3) is 4.69. The van der Waals surface area contributed by atoms with Gasteiger partial charge >= 0.3 is 0 Å². The highest BCUT2D eigenvalue weighted by Gasteiger charge is 2.18. The van der Waals surface area contributed by atoms with Gasteiger partial charge in [-0.05, 0) is 52.0 Å². The van der Waals surface area contributed by atoms with Crippen molar-refractivity contribution in [3.05, 3.63) is 35.7 Å². The number of nitrogens with two attached hydrogens (primary N) is 1. The molecule has 132 valence electrons. The topological polar surface area (TPSA) is 95.1 Å². The predicted molar refractivity (Wildman–Crippen MR) is 95.1 cm³/mol. The minimum Gasteiger partial charge on any atom is -0.491 e. The van der Waals surface area contributed by atoms with E-state index in [1.807, 2.05) is 45.0 Å². The van der Waals surface area contributed by atoms with E-state index in [0.29, 0.717) is 17.9 Å². The Labute approximate surface area is 148 Å². The number of aromatic nitrogens is 3. The number of carbonyl (C=O) groups excluding carboxylic acids is 1. The van der Waals surface area contributed by atoms with E-state index in [4.69, 9.17) is 10.5 Å². The quantitative estimate of drug-likeness (QED) is 0.826. The van der Waals surface area contributed by atoms with Gasteiger partial charge in [0.15, 0.2) is 5.69 Å². The van der Waals surface area contributed by atoms with Gasteiger partial charge in [0.2, 0.25) is 0 Å². The number of halogens is 1. The number of rotatable bonds is 6. The number of carbonyl (C=O) groups is 1. The zero-order chi connectivity index (χ0) is 17.0. The zero-order valence-electron chi connectivity index (χ0n) is 14.3. The molecule has 0 bridgehead atoms. The molecule has 0 radical (unpaired) electrons. The molecule has 0 aliphatic rings. The van der Waals surface area contributed by atoms with Gasteiger partial charge in [-0.3, -0.25) is 4.79 Å². The standard InChI is InChI=1S/C16H23N5O2.ClH/c1-10(2)23-14-7-5-13(6-8-14)21-12(4)15(19-20-21)16(22)18-11(3)9-17;/h5-8,10-11H,9,17H2,1-4H3,(H,18,22);1H/t11-;/m0./s1. The van der Waals surface area contributed by atoms with Crippen molar-refractivity contribution in [2.24, 2.45) is 5.73 Å². The van der Waals surface area contributed by atoms with E-state index in [-0.39, 0.29) is 30.5 Å². The van der Waals surface area contributed by atoms with Crippen LogP contribution in [-0.4, -0.2) is 39.6 Å². The molecule has 2 rings (SSSR count). The molecule has 3 N–H and O–H groups in total. The van der Waals surface area contributed by atoms with Crippen molar-refractivity contribution in [3.8, 4) is 11.4 Å². The second kappa shape index (κ2) is 8.65. The number of hydrogen-bond acceptors (Lipinski definition) is 5. The fourth-order valence-corrected chi connectivity index (χ4v) is 2.07. The van der Waals surface area contributed by atoms with Gasteiger partial charge in [-0.15, -0.1) is 17.5 Å². The maximum Gasteiger partial charge on any atom is 0.274 e. The highest BCUT2D eigenvalue weighted by molar-refractivity contribution is 5.93. The molecule has 0 aliphatic heterocycles. The van der Waals surface area contributed by atoms with E-state index in [1.165, 1.54) is 0 Å². The van der Waals surface area contributed by atoms with E-state index in [0.717, 1.165) is 11.4 Å². The smallest absolute Gasteiger partial charge is 0.274 e. The second-order valence-electron chi connectivity index (χ2n) is 5.71. The van der Waals surface area contributed by atoms with Gasteiger partial charge in [-0.25, -0.2) is 4.68 Å². The molecular formula is C16H24ClN5O2. The molecule has 1 amide bonds. The summed E-state index contributed by atoms with van der Waals surface area (Å²) in [6.45, 7) is 7.97. The lowest BCUT2D eigenvalue weighted by atomic mass is 10.2. The van der Waals surface area contributed by atoms with Crippen LogP contribution in [-0.2, 0) is 0 Å². The summed E-state index contributed by atoms with van der Waals surface area (Å²) < 4.78 is 7.24. The molecule has 0 fully saturated rings. The lowest BCUT2D eigenvalue weighted by Gasteiger charge is -2.11. The van der Waals surface area contributed by atoms with Gasteiger partial charge in [0.05, 0.1) is 17.5 Å². The van der Waals surface area contributed by atoms with Crippen LogP contribution in [0.5, 0.6) is 5.75 Å². The molecule has 1 aromatic heterocycles. The molecule has 0 spiro atoms. The summed E-state index contributed by atoms with van der Waals surface area (Å²) in [5.74, 6) is 0.516. The largest absolute Gasteiger partial charge is 0.491 e. The van der Waals surface area contributed by atoms with Crippen molar-refractivity contribution in [1.82, 2.24) is 20.3 Å². The highest BCUT2D eigenvalue weighted by atomic mass is 35.5. The number of nitrogens with zero attached hydrogens (tertiary/aromatic N) is 3. The lowest BCUT2D eigenvalue weighted by Crippen LogP contribution is -2.38. The van der Waals surface area contributed by atoms with Crippen molar-refractivity contribution in [2.45, 2.75) is 39.8 Å². The fraction of sp³-hybridized carbons (Fsp3) is 0.438. The SMILES string of the molecule is Cc1c(C(=O)N[C@@H](C)CN)nnn1-c1ccc(OC(C)C)cc1.Cl. The first-order chi connectivity index (χ1) is 10.9. The Kier molecular flexibility index (Phi) is 7.18. The Morgan fingerprint density at radius 2 is 1.92 bits per heavy atom. The van der Waals surface area contributed by atoms with Gasteiger partial charge in [0.25, 0.3) is 5.91 Å². The summed E-state index contributed by atoms with van der Waals surface area (Å²) >= 11 is 0. The van der Waals surface area contributed by atoms with Crippen LogP contribution in [0, 0.1) is 6.92 Å². The lowest BCUT2D eigenvalue weighted by molar-refractivity contribution is 0.0935. The van der Waals surface area contributed by atoms with Crippen molar-refractivity contribution in [3.63, 3.8) is 0 Å². The summed E-state index contributed by atoms with van der Waals surface area (Å²) in [6.07, 6.45) is 0.119. The minimum absolute atomic E-state index is 0. The number of amides is 1. The average Bonchev–Trinajstić information content (AvgIpc) is 2.89. The monoisotopic (exact) mass is 353 g/mol. The highest BCUT2D eigenvalue weighted by Crippen LogP contribution is 2.18. The van der Waals surface area contributed by atoms with Crippen LogP contribution in [0.15, 0.2) is 24.3 Å². The van der Waals surface area contributed by atoms with Crippen LogP contribution >= 0.6 is 12.4 Å². The number of hydrogen-bond donors (Lipinski definition) is 2. The van der Waals surface area contributed by atoms with Crippen LogP contribution in [0.4, 0.5) is 0 Å². The minimum atomic E-state index is -0.272. The number of nitrogens with one attached hydrogen (secondary N) is 1. The maximum absolute atomic E-state index is 12.2. The summed E-state index contributed by atoms with van der Waals surface area (Å²) in [6, 6.07) is 7.38. The van der Waals surface area contributed by atoms with Crippen LogP contribution in [0.2, 0.25) is 0 Å². The van der Waals surface area contributed by atoms with Crippen molar-refractivity contribution < 1.29 is 9.53 Å². The normalized spacial score (nSPS) is 11.8. The summed E-state index contributed by atoms with van der Waals surface area (Å²) in [7, 11) is 0. The average molecular weight is 354 g/mol. The second-order valence-corrected chi connectivity index (χ2v) is 5.71. The molecule has 1 heterocycles. The van der Waals surface area contributed by atoms with Gasteiger partial charge in [0.1, 0.15) is 5.75 Å².